The molecule has 0 fully saturated rings. The van der Waals surface area contributed by atoms with Crippen LogP contribution < -0.4 is 11.2 Å². The summed E-state index contributed by atoms with van der Waals surface area (Å²) in [6.45, 7) is 1.68. The summed E-state index contributed by atoms with van der Waals surface area (Å²) in [5, 5.41) is 0.538. The Labute approximate surface area is 141 Å². The van der Waals surface area contributed by atoms with Crippen molar-refractivity contribution in [1.29, 1.82) is 0 Å². The van der Waals surface area contributed by atoms with Crippen molar-refractivity contribution in [3.8, 4) is 0 Å². The lowest BCUT2D eigenvalue weighted by molar-refractivity contribution is 0.0937. The van der Waals surface area contributed by atoms with Gasteiger partial charge >= 0.3 is 5.69 Å². The minimum atomic E-state index is -0.652. The maximum absolute atomic E-state index is 12.7. The maximum Gasteiger partial charge on any atom is 0.332 e. The molecule has 0 unspecified atom stereocenters. The Hall–Kier alpha value is -2.67. The smallest absolute Gasteiger partial charge is 0.314 e. The monoisotopic (exact) mass is 346 g/mol. The second kappa shape index (κ2) is 5.76. The van der Waals surface area contributed by atoms with E-state index in [1.165, 1.54) is 29.6 Å². The Morgan fingerprint density at radius 2 is 1.75 bits per heavy atom. The van der Waals surface area contributed by atoms with Crippen molar-refractivity contribution in [2.45, 2.75) is 13.0 Å². The number of imidazole rings is 1. The molecule has 0 aliphatic heterocycles. The molecule has 0 saturated heterocycles. The van der Waals surface area contributed by atoms with Crippen LogP contribution in [0.25, 0.3) is 11.2 Å². The molecule has 2 heterocycles. The Morgan fingerprint density at radius 1 is 1.12 bits per heavy atom. The maximum atomic E-state index is 12.7. The predicted molar refractivity (Wildman–Crippen MR) is 90.7 cm³/mol. The molecule has 0 amide bonds. The number of carbonyl (C=O) groups excluding carboxylic acids is 1. The molecule has 0 spiro atoms. The first-order chi connectivity index (χ1) is 11.3. The summed E-state index contributed by atoms with van der Waals surface area (Å²) in [7, 11) is 2.93. The van der Waals surface area contributed by atoms with Crippen LogP contribution in [0.2, 0.25) is 5.02 Å². The molecule has 1 atom stereocenters. The van der Waals surface area contributed by atoms with Gasteiger partial charge in [-0.2, -0.15) is 0 Å². The summed E-state index contributed by atoms with van der Waals surface area (Å²) in [5.41, 5.74) is -0.000509. The largest absolute Gasteiger partial charge is 0.332 e. The van der Waals surface area contributed by atoms with Gasteiger partial charge < -0.3 is 4.57 Å². The number of rotatable bonds is 3. The van der Waals surface area contributed by atoms with Crippen LogP contribution in [0, 0.1) is 0 Å². The summed E-state index contributed by atoms with van der Waals surface area (Å²) >= 11 is 5.84. The lowest BCUT2D eigenvalue weighted by Crippen LogP contribution is -2.38. The molecule has 0 N–H and O–H groups in total. The van der Waals surface area contributed by atoms with E-state index in [4.69, 9.17) is 11.6 Å². The minimum Gasteiger partial charge on any atom is -0.314 e. The van der Waals surface area contributed by atoms with Gasteiger partial charge in [-0.1, -0.05) is 11.6 Å². The highest BCUT2D eigenvalue weighted by atomic mass is 35.5. The van der Waals surface area contributed by atoms with E-state index in [9.17, 15) is 14.4 Å². The fraction of sp³-hybridized carbons (Fsp3) is 0.250. The molecule has 124 valence electrons. The van der Waals surface area contributed by atoms with Gasteiger partial charge in [-0.15, -0.1) is 0 Å². The number of hydrogen-bond donors (Lipinski definition) is 0. The van der Waals surface area contributed by atoms with Gasteiger partial charge in [-0.25, -0.2) is 9.78 Å². The lowest BCUT2D eigenvalue weighted by atomic mass is 10.1. The van der Waals surface area contributed by atoms with Gasteiger partial charge in [0.15, 0.2) is 16.9 Å². The van der Waals surface area contributed by atoms with E-state index in [0.29, 0.717) is 10.6 Å². The van der Waals surface area contributed by atoms with Crippen LogP contribution >= 0.6 is 11.6 Å². The zero-order valence-corrected chi connectivity index (χ0v) is 14.1. The highest BCUT2D eigenvalue weighted by molar-refractivity contribution is 6.30. The SMILES string of the molecule is C[C@H](C(=O)c1ccc(Cl)cc1)n1cnc2c1c(=O)n(C)c(=O)n2C. The average molecular weight is 347 g/mol. The number of fused-ring (bicyclic) bond motifs is 1. The standard InChI is InChI=1S/C16H15ClN4O3/c1-9(13(22)10-4-6-11(17)7-5-10)21-8-18-14-12(21)15(23)20(3)16(24)19(14)2/h4-9H,1-3H3/t9-/m1/s1. The van der Waals surface area contributed by atoms with Crippen molar-refractivity contribution in [2.75, 3.05) is 0 Å². The molecule has 24 heavy (non-hydrogen) atoms. The van der Waals surface area contributed by atoms with Crippen LogP contribution in [0.5, 0.6) is 0 Å². The van der Waals surface area contributed by atoms with E-state index in [0.717, 1.165) is 4.57 Å². The van der Waals surface area contributed by atoms with E-state index in [1.54, 1.807) is 31.2 Å². The first-order valence-electron chi connectivity index (χ1n) is 7.25. The number of halogens is 1. The molecular weight excluding hydrogens is 332 g/mol. The van der Waals surface area contributed by atoms with Gasteiger partial charge in [-0.3, -0.25) is 18.7 Å². The normalized spacial score (nSPS) is 12.5. The summed E-state index contributed by atoms with van der Waals surface area (Å²) in [6.07, 6.45) is 1.41. The van der Waals surface area contributed by atoms with E-state index < -0.39 is 17.3 Å². The number of hydrogen-bond acceptors (Lipinski definition) is 4. The van der Waals surface area contributed by atoms with Crippen molar-refractivity contribution < 1.29 is 4.79 Å². The predicted octanol–water partition coefficient (Wildman–Crippen LogP) is 1.53. The fourth-order valence-electron chi connectivity index (χ4n) is 2.64. The van der Waals surface area contributed by atoms with Crippen molar-refractivity contribution in [2.24, 2.45) is 14.1 Å². The zero-order chi connectivity index (χ0) is 17.6. The Bertz CT molecular complexity index is 1060. The molecule has 0 saturated carbocycles. The molecule has 1 aromatic carbocycles. The van der Waals surface area contributed by atoms with Gasteiger partial charge in [0, 0.05) is 24.7 Å². The van der Waals surface area contributed by atoms with Crippen LogP contribution in [-0.2, 0) is 14.1 Å². The molecule has 0 radical (unpaired) electrons. The van der Waals surface area contributed by atoms with E-state index >= 15 is 0 Å². The molecule has 8 heteroatoms. The molecule has 2 aromatic heterocycles. The van der Waals surface area contributed by atoms with E-state index in [2.05, 4.69) is 4.98 Å². The minimum absolute atomic E-state index is 0.179. The Morgan fingerprint density at radius 3 is 2.38 bits per heavy atom. The van der Waals surface area contributed by atoms with Crippen molar-refractivity contribution in [1.82, 2.24) is 18.7 Å². The summed E-state index contributed by atoms with van der Waals surface area (Å²) in [4.78, 5) is 41.2. The lowest BCUT2D eigenvalue weighted by Gasteiger charge is -2.14. The van der Waals surface area contributed by atoms with Crippen LogP contribution in [0.1, 0.15) is 23.3 Å². The molecule has 3 aromatic rings. The third-order valence-corrected chi connectivity index (χ3v) is 4.35. The Kier molecular flexibility index (Phi) is 3.88. The van der Waals surface area contributed by atoms with E-state index in [1.807, 2.05) is 0 Å². The topological polar surface area (TPSA) is 78.9 Å². The molecule has 3 rings (SSSR count). The third-order valence-electron chi connectivity index (χ3n) is 4.10. The first-order valence-corrected chi connectivity index (χ1v) is 7.63. The molecule has 0 aliphatic rings. The number of aryl methyl sites for hydroxylation is 1. The summed E-state index contributed by atoms with van der Waals surface area (Å²) in [6, 6.07) is 5.89. The van der Waals surface area contributed by atoms with Crippen LogP contribution in [0.4, 0.5) is 0 Å². The number of ketones is 1. The zero-order valence-electron chi connectivity index (χ0n) is 13.4. The fourth-order valence-corrected chi connectivity index (χ4v) is 2.77. The summed E-state index contributed by atoms with van der Waals surface area (Å²) < 4.78 is 3.78. The van der Waals surface area contributed by atoms with Crippen LogP contribution in [0.15, 0.2) is 40.2 Å². The number of aromatic nitrogens is 4. The summed E-state index contributed by atoms with van der Waals surface area (Å²) in [5.74, 6) is -0.179. The van der Waals surface area contributed by atoms with Crippen molar-refractivity contribution in [3.63, 3.8) is 0 Å². The van der Waals surface area contributed by atoms with Crippen LogP contribution in [0.3, 0.4) is 0 Å². The number of Topliss-reactive ketones (excluding diaryl/α,β-unsaturated/α-hetero) is 1. The van der Waals surface area contributed by atoms with Gasteiger partial charge in [-0.05, 0) is 31.2 Å². The quantitative estimate of drug-likeness (QED) is 0.674. The highest BCUT2D eigenvalue weighted by Gasteiger charge is 2.22. The van der Waals surface area contributed by atoms with Crippen molar-refractivity contribution >= 4 is 28.5 Å². The van der Waals surface area contributed by atoms with Gasteiger partial charge in [0.1, 0.15) is 0 Å². The number of carbonyl (C=O) groups is 1. The number of nitrogens with zero attached hydrogens (tertiary/aromatic N) is 4. The van der Waals surface area contributed by atoms with Gasteiger partial charge in [0.25, 0.3) is 5.56 Å². The second-order valence-electron chi connectivity index (χ2n) is 5.58. The second-order valence-corrected chi connectivity index (χ2v) is 6.01. The average Bonchev–Trinajstić information content (AvgIpc) is 3.02. The third kappa shape index (κ3) is 2.37. The van der Waals surface area contributed by atoms with Crippen molar-refractivity contribution in [3.05, 3.63) is 62.0 Å². The van der Waals surface area contributed by atoms with E-state index in [-0.39, 0.29) is 16.9 Å². The molecular formula is C16H15ClN4O3. The van der Waals surface area contributed by atoms with Gasteiger partial charge in [0.05, 0.1) is 12.4 Å². The molecule has 0 bridgehead atoms. The first kappa shape index (κ1) is 16.2. The number of benzene rings is 1. The van der Waals surface area contributed by atoms with Crippen LogP contribution in [-0.4, -0.2) is 24.5 Å². The molecule has 0 aliphatic carbocycles. The van der Waals surface area contributed by atoms with Gasteiger partial charge in [0.2, 0.25) is 0 Å². The highest BCUT2D eigenvalue weighted by Crippen LogP contribution is 2.19. The Balaban J connectivity index is 2.16. The molecule has 7 nitrogen and oxygen atoms in total.